The number of non-ortho nitro benzene ring substituents is 1. The highest BCUT2D eigenvalue weighted by Crippen LogP contribution is 2.63. The molecule has 3 fully saturated rings. The molecule has 0 spiro atoms. The van der Waals surface area contributed by atoms with Gasteiger partial charge in [-0.1, -0.05) is 17.4 Å². The third-order valence-electron chi connectivity index (χ3n) is 7.81. The highest BCUT2D eigenvalue weighted by molar-refractivity contribution is 5.54. The lowest BCUT2D eigenvalue weighted by Gasteiger charge is -2.50. The van der Waals surface area contributed by atoms with Crippen LogP contribution in [-0.4, -0.2) is 42.9 Å². The lowest BCUT2D eigenvalue weighted by atomic mass is 9.71. The Balaban J connectivity index is 1.45. The van der Waals surface area contributed by atoms with Crippen LogP contribution in [-0.2, 0) is 4.74 Å². The molecule has 8 nitrogen and oxygen atoms in total. The minimum atomic E-state index is -0.355. The first-order chi connectivity index (χ1) is 13.7. The van der Waals surface area contributed by atoms with E-state index < -0.39 is 0 Å². The summed E-state index contributed by atoms with van der Waals surface area (Å²) in [7, 11) is 0. The number of rotatable bonds is 3. The van der Waals surface area contributed by atoms with Crippen LogP contribution in [0.5, 0.6) is 0 Å². The normalized spacial score (nSPS) is 40.9. The minimum absolute atomic E-state index is 0.107. The summed E-state index contributed by atoms with van der Waals surface area (Å²) >= 11 is 0. The first kappa shape index (κ1) is 16.6. The molecular formula is C20H24N5O3+. The molecule has 2 heterocycles. The number of nitro benzene ring substituents is 1. The standard InChI is InChI=1S/C20H23N5O3/c26-25(27)14-6-4-13(5-7-14)24-20(23-8-10-28-11-9-23)18-12-17(19(20)21-22-24)15-2-1-3-16(15)18/h1,3-7,15-19H,2,8-12H2/p+1/t15-,16-,17-,18+,19-,20+/m0/s1. The van der Waals surface area contributed by atoms with Crippen LogP contribution in [0.3, 0.4) is 0 Å². The number of anilines is 1. The second-order valence-electron chi connectivity index (χ2n) is 8.69. The fourth-order valence-corrected chi connectivity index (χ4v) is 6.85. The lowest BCUT2D eigenvalue weighted by molar-refractivity contribution is -0.963. The topological polar surface area (TPSA) is 84.8 Å². The number of nitrogens with zero attached hydrogens (tertiary/aromatic N) is 4. The molecule has 146 valence electrons. The van der Waals surface area contributed by atoms with Crippen molar-refractivity contribution in [3.05, 3.63) is 46.5 Å². The summed E-state index contributed by atoms with van der Waals surface area (Å²) in [6.07, 6.45) is 7.16. The van der Waals surface area contributed by atoms with Crippen molar-refractivity contribution >= 4 is 11.4 Å². The maximum atomic E-state index is 11.1. The van der Waals surface area contributed by atoms with Crippen molar-refractivity contribution in [2.24, 2.45) is 34.0 Å². The summed E-state index contributed by atoms with van der Waals surface area (Å²) in [5.74, 6) is 2.39. The number of quaternary nitrogens is 1. The Morgan fingerprint density at radius 2 is 2.00 bits per heavy atom. The molecule has 6 atom stereocenters. The van der Waals surface area contributed by atoms with Crippen LogP contribution in [0.2, 0.25) is 0 Å². The van der Waals surface area contributed by atoms with E-state index in [9.17, 15) is 10.1 Å². The Labute approximate surface area is 163 Å². The number of nitrogens with one attached hydrogen (secondary N) is 1. The van der Waals surface area contributed by atoms with Crippen molar-refractivity contribution in [3.8, 4) is 0 Å². The molecule has 0 unspecified atom stereocenters. The zero-order chi connectivity index (χ0) is 18.9. The van der Waals surface area contributed by atoms with Gasteiger partial charge in [0, 0.05) is 18.1 Å². The Bertz CT molecular complexity index is 865. The van der Waals surface area contributed by atoms with Gasteiger partial charge in [0.25, 0.3) is 5.69 Å². The number of benzene rings is 1. The smallest absolute Gasteiger partial charge is 0.269 e. The Morgan fingerprint density at radius 1 is 1.21 bits per heavy atom. The number of allylic oxidation sites excluding steroid dienone is 2. The molecule has 28 heavy (non-hydrogen) atoms. The molecule has 0 radical (unpaired) electrons. The van der Waals surface area contributed by atoms with Gasteiger partial charge in [-0.2, -0.15) is 10.1 Å². The zero-order valence-electron chi connectivity index (χ0n) is 15.6. The highest BCUT2D eigenvalue weighted by Gasteiger charge is 2.75. The van der Waals surface area contributed by atoms with Crippen molar-refractivity contribution in [2.45, 2.75) is 24.5 Å². The zero-order valence-corrected chi connectivity index (χ0v) is 15.6. The number of morpholine rings is 1. The van der Waals surface area contributed by atoms with E-state index in [1.165, 1.54) is 17.7 Å². The van der Waals surface area contributed by atoms with Gasteiger partial charge in [0.1, 0.15) is 13.1 Å². The summed E-state index contributed by atoms with van der Waals surface area (Å²) < 4.78 is 5.66. The molecule has 1 saturated heterocycles. The summed E-state index contributed by atoms with van der Waals surface area (Å²) in [5, 5.41) is 22.7. The number of nitro groups is 1. The highest BCUT2D eigenvalue weighted by atomic mass is 16.6. The molecule has 0 amide bonds. The van der Waals surface area contributed by atoms with E-state index in [0.29, 0.717) is 23.7 Å². The number of ether oxygens (including phenoxy) is 1. The molecule has 5 aliphatic rings. The minimum Gasteiger partial charge on any atom is -0.370 e. The van der Waals surface area contributed by atoms with Gasteiger partial charge in [-0.15, -0.1) is 0 Å². The van der Waals surface area contributed by atoms with E-state index in [1.807, 2.05) is 12.1 Å². The summed E-state index contributed by atoms with van der Waals surface area (Å²) in [4.78, 5) is 12.2. The Hall–Kier alpha value is -2.32. The van der Waals surface area contributed by atoms with Gasteiger partial charge in [-0.25, -0.2) is 0 Å². The van der Waals surface area contributed by atoms with Crippen molar-refractivity contribution in [1.82, 2.24) is 0 Å². The lowest BCUT2D eigenvalue weighted by Crippen LogP contribution is -3.25. The predicted octanol–water partition coefficient (Wildman–Crippen LogP) is 1.60. The first-order valence-corrected chi connectivity index (χ1v) is 10.3. The largest absolute Gasteiger partial charge is 0.370 e. The molecule has 1 aromatic carbocycles. The van der Waals surface area contributed by atoms with Crippen LogP contribution in [0.1, 0.15) is 12.8 Å². The van der Waals surface area contributed by atoms with Crippen molar-refractivity contribution < 1.29 is 14.6 Å². The Kier molecular flexibility index (Phi) is 3.47. The van der Waals surface area contributed by atoms with Crippen molar-refractivity contribution in [3.63, 3.8) is 0 Å². The molecule has 2 saturated carbocycles. The summed E-state index contributed by atoms with van der Waals surface area (Å²) in [6.45, 7) is 3.43. The number of hydrogen-bond acceptors (Lipinski definition) is 6. The van der Waals surface area contributed by atoms with Gasteiger partial charge < -0.3 is 9.64 Å². The maximum Gasteiger partial charge on any atom is 0.269 e. The van der Waals surface area contributed by atoms with E-state index >= 15 is 0 Å². The molecule has 0 aromatic heterocycles. The van der Waals surface area contributed by atoms with E-state index in [0.717, 1.165) is 32.0 Å². The molecule has 6 rings (SSSR count). The van der Waals surface area contributed by atoms with Gasteiger partial charge in [0.05, 0.1) is 23.8 Å². The van der Waals surface area contributed by atoms with Gasteiger partial charge in [0.15, 0.2) is 6.04 Å². The summed E-state index contributed by atoms with van der Waals surface area (Å²) in [5.41, 5.74) is 0.818. The molecule has 1 N–H and O–H groups in total. The molecule has 8 heteroatoms. The van der Waals surface area contributed by atoms with Crippen LogP contribution in [0.25, 0.3) is 0 Å². The molecule has 2 aliphatic heterocycles. The second kappa shape index (κ2) is 5.84. The molecule has 1 aromatic rings. The van der Waals surface area contributed by atoms with Crippen LogP contribution >= 0.6 is 0 Å². The SMILES string of the molecule is O=[N+]([O-])c1ccc(N2N=N[C@H]3[C@H]4C[C@H]([C@H]5C=CC[C@@H]54)[C@]32[NH+]2CCOCC2)cc1. The van der Waals surface area contributed by atoms with Crippen molar-refractivity contribution in [2.75, 3.05) is 31.3 Å². The van der Waals surface area contributed by atoms with Gasteiger partial charge in [-0.05, 0) is 42.7 Å². The molecule has 3 aliphatic carbocycles. The second-order valence-corrected chi connectivity index (χ2v) is 8.69. The first-order valence-electron chi connectivity index (χ1n) is 10.3. The fraction of sp³-hybridized carbons (Fsp3) is 0.600. The molecular weight excluding hydrogens is 358 g/mol. The maximum absolute atomic E-state index is 11.1. The van der Waals surface area contributed by atoms with Crippen LogP contribution in [0.15, 0.2) is 46.8 Å². The average Bonchev–Trinajstić information content (AvgIpc) is 3.46. The van der Waals surface area contributed by atoms with E-state index in [-0.39, 0.29) is 22.3 Å². The predicted molar refractivity (Wildman–Crippen MR) is 101 cm³/mol. The summed E-state index contributed by atoms with van der Waals surface area (Å²) in [6, 6.07) is 7.00. The third-order valence-corrected chi connectivity index (χ3v) is 7.81. The Morgan fingerprint density at radius 3 is 2.75 bits per heavy atom. The monoisotopic (exact) mass is 382 g/mol. The average molecular weight is 382 g/mol. The van der Waals surface area contributed by atoms with Gasteiger partial charge >= 0.3 is 0 Å². The van der Waals surface area contributed by atoms with E-state index in [4.69, 9.17) is 9.85 Å². The van der Waals surface area contributed by atoms with E-state index in [2.05, 4.69) is 22.4 Å². The van der Waals surface area contributed by atoms with Crippen LogP contribution in [0.4, 0.5) is 11.4 Å². The fourth-order valence-electron chi connectivity index (χ4n) is 6.85. The number of hydrogen-bond donors (Lipinski definition) is 1. The van der Waals surface area contributed by atoms with Crippen LogP contribution < -0.4 is 9.91 Å². The third kappa shape index (κ3) is 1.97. The van der Waals surface area contributed by atoms with Crippen molar-refractivity contribution in [1.29, 1.82) is 0 Å². The molecule has 2 bridgehead atoms. The van der Waals surface area contributed by atoms with Gasteiger partial charge in [-0.3, -0.25) is 10.1 Å². The number of fused-ring (bicyclic) bond motifs is 8. The quantitative estimate of drug-likeness (QED) is 0.489. The van der Waals surface area contributed by atoms with Crippen LogP contribution in [0, 0.1) is 33.8 Å². The van der Waals surface area contributed by atoms with Gasteiger partial charge in [0.2, 0.25) is 5.66 Å². The van der Waals surface area contributed by atoms with E-state index in [1.54, 1.807) is 12.1 Å².